The Hall–Kier alpha value is -0.750. The molecule has 1 aliphatic heterocycles. The van der Waals surface area contributed by atoms with E-state index in [4.69, 9.17) is 0 Å². The molecule has 1 N–H and O–H groups in total. The Bertz CT molecular complexity index is 441. The Labute approximate surface area is 113 Å². The standard InChI is InChI=1S/C13H15F4NS/c1-18-12(9-4-5-19-7-9)8-2-3-11(14)10(6-8)13(15,16)17/h2-3,6,9,12,18H,4-5,7H2,1H3. The molecular formula is C13H15F4NS. The third-order valence-corrected chi connectivity index (χ3v) is 4.59. The van der Waals surface area contributed by atoms with Gasteiger partial charge in [-0.05, 0) is 48.6 Å². The van der Waals surface area contributed by atoms with Crippen molar-refractivity contribution in [2.45, 2.75) is 18.6 Å². The van der Waals surface area contributed by atoms with E-state index in [0.717, 1.165) is 30.1 Å². The van der Waals surface area contributed by atoms with Crippen molar-refractivity contribution in [3.05, 3.63) is 35.1 Å². The molecule has 1 nitrogen and oxygen atoms in total. The lowest BCUT2D eigenvalue weighted by Crippen LogP contribution is -2.25. The predicted octanol–water partition coefficient (Wildman–Crippen LogP) is 3.86. The van der Waals surface area contributed by atoms with E-state index in [2.05, 4.69) is 5.32 Å². The Morgan fingerprint density at radius 1 is 1.37 bits per heavy atom. The van der Waals surface area contributed by atoms with Crippen molar-refractivity contribution in [1.82, 2.24) is 5.32 Å². The molecule has 2 atom stereocenters. The molecule has 0 saturated carbocycles. The Kier molecular flexibility index (Phi) is 4.40. The van der Waals surface area contributed by atoms with Gasteiger partial charge < -0.3 is 5.32 Å². The third-order valence-electron chi connectivity index (χ3n) is 3.40. The SMILES string of the molecule is CNC(c1ccc(F)c(C(F)(F)F)c1)C1CCSC1. The number of hydrogen-bond acceptors (Lipinski definition) is 2. The van der Waals surface area contributed by atoms with E-state index in [-0.39, 0.29) is 6.04 Å². The summed E-state index contributed by atoms with van der Waals surface area (Å²) in [6.45, 7) is 0. The van der Waals surface area contributed by atoms with Gasteiger partial charge in [0.15, 0.2) is 0 Å². The first-order valence-electron chi connectivity index (χ1n) is 6.05. The highest BCUT2D eigenvalue weighted by Crippen LogP contribution is 2.37. The lowest BCUT2D eigenvalue weighted by molar-refractivity contribution is -0.140. The second-order valence-electron chi connectivity index (χ2n) is 4.63. The molecule has 19 heavy (non-hydrogen) atoms. The van der Waals surface area contributed by atoms with E-state index >= 15 is 0 Å². The van der Waals surface area contributed by atoms with E-state index in [0.29, 0.717) is 11.5 Å². The predicted molar refractivity (Wildman–Crippen MR) is 68.6 cm³/mol. The number of benzene rings is 1. The average molecular weight is 293 g/mol. The Morgan fingerprint density at radius 2 is 2.11 bits per heavy atom. The van der Waals surface area contributed by atoms with E-state index in [9.17, 15) is 17.6 Å². The topological polar surface area (TPSA) is 12.0 Å². The molecular weight excluding hydrogens is 278 g/mol. The molecule has 106 valence electrons. The van der Waals surface area contributed by atoms with E-state index in [1.807, 2.05) is 0 Å². The van der Waals surface area contributed by atoms with Crippen LogP contribution in [0.3, 0.4) is 0 Å². The van der Waals surface area contributed by atoms with Gasteiger partial charge in [0.25, 0.3) is 0 Å². The number of halogens is 4. The molecule has 1 aromatic carbocycles. The van der Waals surface area contributed by atoms with Gasteiger partial charge in [0.1, 0.15) is 5.82 Å². The molecule has 0 radical (unpaired) electrons. The molecule has 1 fully saturated rings. The number of hydrogen-bond donors (Lipinski definition) is 1. The molecule has 1 heterocycles. The minimum absolute atomic E-state index is 0.156. The maximum atomic E-state index is 13.3. The fraction of sp³-hybridized carbons (Fsp3) is 0.538. The molecule has 0 spiro atoms. The minimum Gasteiger partial charge on any atom is -0.313 e. The summed E-state index contributed by atoms with van der Waals surface area (Å²) in [7, 11) is 1.73. The van der Waals surface area contributed by atoms with Crippen molar-refractivity contribution in [2.24, 2.45) is 5.92 Å². The number of alkyl halides is 3. The third kappa shape index (κ3) is 3.23. The van der Waals surface area contributed by atoms with Crippen LogP contribution >= 0.6 is 11.8 Å². The van der Waals surface area contributed by atoms with Gasteiger partial charge in [-0.3, -0.25) is 0 Å². The van der Waals surface area contributed by atoms with Crippen LogP contribution in [0.15, 0.2) is 18.2 Å². The molecule has 1 saturated heterocycles. The fourth-order valence-electron chi connectivity index (χ4n) is 2.44. The monoisotopic (exact) mass is 293 g/mol. The van der Waals surface area contributed by atoms with Crippen molar-refractivity contribution < 1.29 is 17.6 Å². The molecule has 2 rings (SSSR count). The summed E-state index contributed by atoms with van der Waals surface area (Å²) in [6, 6.07) is 3.12. The van der Waals surface area contributed by atoms with Crippen LogP contribution in [0, 0.1) is 11.7 Å². The van der Waals surface area contributed by atoms with Crippen LogP contribution in [0.5, 0.6) is 0 Å². The zero-order chi connectivity index (χ0) is 14.0. The van der Waals surface area contributed by atoms with Gasteiger partial charge in [-0.25, -0.2) is 4.39 Å². The number of thioether (sulfide) groups is 1. The summed E-state index contributed by atoms with van der Waals surface area (Å²) in [6.07, 6.45) is -3.68. The van der Waals surface area contributed by atoms with Gasteiger partial charge in [0, 0.05) is 6.04 Å². The van der Waals surface area contributed by atoms with Gasteiger partial charge in [-0.1, -0.05) is 6.07 Å². The molecule has 0 amide bonds. The molecule has 2 unspecified atom stereocenters. The molecule has 0 bridgehead atoms. The van der Waals surface area contributed by atoms with E-state index in [1.54, 1.807) is 18.8 Å². The fourth-order valence-corrected chi connectivity index (χ4v) is 3.74. The molecule has 1 aliphatic rings. The van der Waals surface area contributed by atoms with Gasteiger partial charge >= 0.3 is 6.18 Å². The van der Waals surface area contributed by atoms with Crippen LogP contribution in [0.4, 0.5) is 17.6 Å². The van der Waals surface area contributed by atoms with Crippen molar-refractivity contribution in [3.8, 4) is 0 Å². The number of nitrogens with one attached hydrogen (secondary N) is 1. The van der Waals surface area contributed by atoms with Crippen molar-refractivity contribution >= 4 is 11.8 Å². The smallest absolute Gasteiger partial charge is 0.313 e. The maximum absolute atomic E-state index is 13.3. The van der Waals surface area contributed by atoms with Crippen LogP contribution in [-0.2, 0) is 6.18 Å². The normalized spacial score (nSPS) is 21.6. The molecule has 0 aliphatic carbocycles. The summed E-state index contributed by atoms with van der Waals surface area (Å²) in [5.41, 5.74) is -0.681. The Morgan fingerprint density at radius 3 is 2.63 bits per heavy atom. The first kappa shape index (κ1) is 14.7. The summed E-state index contributed by atoms with van der Waals surface area (Å²) in [5.74, 6) is 1.02. The van der Waals surface area contributed by atoms with Crippen LogP contribution in [-0.4, -0.2) is 18.6 Å². The zero-order valence-electron chi connectivity index (χ0n) is 10.4. The van der Waals surface area contributed by atoms with Crippen LogP contribution in [0.25, 0.3) is 0 Å². The Balaban J connectivity index is 2.33. The lowest BCUT2D eigenvalue weighted by atomic mass is 9.91. The second-order valence-corrected chi connectivity index (χ2v) is 5.78. The first-order valence-corrected chi connectivity index (χ1v) is 7.20. The zero-order valence-corrected chi connectivity index (χ0v) is 11.2. The molecule has 0 aromatic heterocycles. The average Bonchev–Trinajstić information content (AvgIpc) is 2.84. The first-order chi connectivity index (χ1) is 8.93. The van der Waals surface area contributed by atoms with Crippen LogP contribution in [0.1, 0.15) is 23.6 Å². The second kappa shape index (κ2) is 5.71. The van der Waals surface area contributed by atoms with Crippen molar-refractivity contribution in [2.75, 3.05) is 18.6 Å². The number of rotatable bonds is 3. The lowest BCUT2D eigenvalue weighted by Gasteiger charge is -2.24. The summed E-state index contributed by atoms with van der Waals surface area (Å²) < 4.78 is 51.4. The summed E-state index contributed by atoms with van der Waals surface area (Å²) >= 11 is 1.80. The van der Waals surface area contributed by atoms with Crippen molar-refractivity contribution in [3.63, 3.8) is 0 Å². The van der Waals surface area contributed by atoms with Crippen LogP contribution < -0.4 is 5.32 Å². The molecule has 1 aromatic rings. The van der Waals surface area contributed by atoms with E-state index < -0.39 is 17.6 Å². The van der Waals surface area contributed by atoms with E-state index in [1.165, 1.54) is 6.07 Å². The summed E-state index contributed by atoms with van der Waals surface area (Å²) in [5, 5.41) is 3.06. The molecule has 6 heteroatoms. The van der Waals surface area contributed by atoms with Crippen molar-refractivity contribution in [1.29, 1.82) is 0 Å². The van der Waals surface area contributed by atoms with Crippen LogP contribution in [0.2, 0.25) is 0 Å². The van der Waals surface area contributed by atoms with Gasteiger partial charge in [0.2, 0.25) is 0 Å². The maximum Gasteiger partial charge on any atom is 0.419 e. The largest absolute Gasteiger partial charge is 0.419 e. The van der Waals surface area contributed by atoms with Gasteiger partial charge in [-0.2, -0.15) is 24.9 Å². The van der Waals surface area contributed by atoms with Gasteiger partial charge in [-0.15, -0.1) is 0 Å². The minimum atomic E-state index is -4.65. The highest BCUT2D eigenvalue weighted by molar-refractivity contribution is 7.99. The van der Waals surface area contributed by atoms with Gasteiger partial charge in [0.05, 0.1) is 5.56 Å². The quantitative estimate of drug-likeness (QED) is 0.849. The summed E-state index contributed by atoms with van der Waals surface area (Å²) in [4.78, 5) is 0. The highest BCUT2D eigenvalue weighted by Gasteiger charge is 2.35. The highest BCUT2D eigenvalue weighted by atomic mass is 32.2.